The molecule has 3 rings (SSSR count). The van der Waals surface area contributed by atoms with Gasteiger partial charge in [0.1, 0.15) is 5.75 Å². The van der Waals surface area contributed by atoms with Crippen molar-refractivity contribution < 1.29 is 27.4 Å². The molecule has 2 aromatic rings. The number of carbonyl (C=O) groups is 1. The first-order chi connectivity index (χ1) is 15.3. The lowest BCUT2D eigenvalue weighted by Crippen LogP contribution is -2.38. The second-order valence-corrected chi connectivity index (χ2v) is 7.29. The predicted octanol–water partition coefficient (Wildman–Crippen LogP) is 4.08. The van der Waals surface area contributed by atoms with Gasteiger partial charge in [0.2, 0.25) is 5.91 Å². The number of carbonyl (C=O) groups excluding carboxylic acids is 1. The molecular weight excluding hydrogens is 443 g/mol. The molecule has 1 amide bonds. The van der Waals surface area contributed by atoms with Crippen molar-refractivity contribution in [1.29, 1.82) is 0 Å². The van der Waals surface area contributed by atoms with Gasteiger partial charge in [-0.2, -0.15) is 13.2 Å². The quantitative estimate of drug-likeness (QED) is 0.513. The van der Waals surface area contributed by atoms with Gasteiger partial charge in [-0.05, 0) is 54.2 Å². The van der Waals surface area contributed by atoms with Gasteiger partial charge >= 0.3 is 6.18 Å². The minimum atomic E-state index is -4.51. The summed E-state index contributed by atoms with van der Waals surface area (Å²) < 4.78 is 50.0. The van der Waals surface area contributed by atoms with Gasteiger partial charge in [0.25, 0.3) is 0 Å². The van der Waals surface area contributed by atoms with Gasteiger partial charge in [0.05, 0.1) is 37.3 Å². The van der Waals surface area contributed by atoms with Crippen LogP contribution in [0.3, 0.4) is 0 Å². The van der Waals surface area contributed by atoms with Crippen LogP contribution in [0.1, 0.15) is 11.1 Å². The molecule has 0 aromatic heterocycles. The molecule has 10 heteroatoms. The Balaban J connectivity index is 1.70. The molecule has 0 unspecified atom stereocenters. The molecule has 0 atom stereocenters. The van der Waals surface area contributed by atoms with E-state index in [2.05, 4.69) is 10.6 Å². The fourth-order valence-corrected chi connectivity index (χ4v) is 3.30. The van der Waals surface area contributed by atoms with Crippen LogP contribution in [0.5, 0.6) is 5.75 Å². The summed E-state index contributed by atoms with van der Waals surface area (Å²) in [6, 6.07) is 10.5. The molecule has 0 aliphatic carbocycles. The summed E-state index contributed by atoms with van der Waals surface area (Å²) in [6.07, 6.45) is -1.64. The van der Waals surface area contributed by atoms with E-state index in [-0.39, 0.29) is 10.8 Å². The zero-order valence-electron chi connectivity index (χ0n) is 17.2. The van der Waals surface area contributed by atoms with Gasteiger partial charge in [-0.25, -0.2) is 0 Å². The summed E-state index contributed by atoms with van der Waals surface area (Å²) in [4.78, 5) is 14.1. The molecule has 32 heavy (non-hydrogen) atoms. The highest BCUT2D eigenvalue weighted by Crippen LogP contribution is 2.35. The lowest BCUT2D eigenvalue weighted by molar-refractivity contribution is -0.137. The molecule has 1 fully saturated rings. The molecule has 1 heterocycles. The molecule has 2 aromatic carbocycles. The smallest absolute Gasteiger partial charge is 0.416 e. The maximum atomic E-state index is 13.2. The first-order valence-electron chi connectivity index (χ1n) is 9.74. The summed E-state index contributed by atoms with van der Waals surface area (Å²) in [5, 5.41) is 5.08. The van der Waals surface area contributed by atoms with E-state index >= 15 is 0 Å². The van der Waals surface area contributed by atoms with Gasteiger partial charge in [-0.15, -0.1) is 0 Å². The van der Waals surface area contributed by atoms with E-state index < -0.39 is 17.6 Å². The van der Waals surface area contributed by atoms with Crippen molar-refractivity contribution in [2.24, 2.45) is 0 Å². The Morgan fingerprint density at radius 1 is 1.16 bits per heavy atom. The average Bonchev–Trinajstić information content (AvgIpc) is 2.78. The zero-order chi connectivity index (χ0) is 23.1. The number of nitrogens with one attached hydrogen (secondary N) is 2. The van der Waals surface area contributed by atoms with Crippen LogP contribution in [0.15, 0.2) is 48.5 Å². The number of anilines is 2. The molecule has 1 saturated heterocycles. The SMILES string of the molecule is COc1ccc(/C=C/C(=O)NC(=S)Nc2cc(C(F)(F)F)ccc2N2CCOCC2)cc1. The summed E-state index contributed by atoms with van der Waals surface area (Å²) in [5.74, 6) is 0.173. The molecule has 6 nitrogen and oxygen atoms in total. The highest BCUT2D eigenvalue weighted by molar-refractivity contribution is 7.80. The Kier molecular flexibility index (Phi) is 7.70. The van der Waals surface area contributed by atoms with Gasteiger partial charge in [-0.1, -0.05) is 12.1 Å². The molecular formula is C22H22F3N3O3S. The van der Waals surface area contributed by atoms with Crippen LogP contribution in [0, 0.1) is 0 Å². The van der Waals surface area contributed by atoms with Crippen LogP contribution < -0.4 is 20.3 Å². The topological polar surface area (TPSA) is 62.8 Å². The van der Waals surface area contributed by atoms with E-state index in [1.807, 2.05) is 4.90 Å². The van der Waals surface area contributed by atoms with E-state index in [0.29, 0.717) is 37.7 Å². The van der Waals surface area contributed by atoms with Crippen LogP contribution >= 0.6 is 12.2 Å². The van der Waals surface area contributed by atoms with Crippen molar-refractivity contribution in [2.75, 3.05) is 43.6 Å². The number of thiocarbonyl (C=S) groups is 1. The maximum absolute atomic E-state index is 13.2. The molecule has 1 aliphatic heterocycles. The number of amides is 1. The molecule has 0 radical (unpaired) electrons. The van der Waals surface area contributed by atoms with Crippen LogP contribution in [-0.2, 0) is 15.7 Å². The minimum absolute atomic E-state index is 0.108. The highest BCUT2D eigenvalue weighted by Gasteiger charge is 2.31. The first kappa shape index (κ1) is 23.6. The van der Waals surface area contributed by atoms with Gasteiger partial charge in [-0.3, -0.25) is 10.1 Å². The van der Waals surface area contributed by atoms with Gasteiger partial charge in [0.15, 0.2) is 5.11 Å². The molecule has 0 saturated carbocycles. The van der Waals surface area contributed by atoms with Crippen molar-refractivity contribution in [3.8, 4) is 5.75 Å². The number of hydrogen-bond acceptors (Lipinski definition) is 5. The summed E-state index contributed by atoms with van der Waals surface area (Å²) in [6.45, 7) is 2.00. The number of hydrogen-bond donors (Lipinski definition) is 2. The molecule has 0 spiro atoms. The lowest BCUT2D eigenvalue weighted by atomic mass is 10.1. The fourth-order valence-electron chi connectivity index (χ4n) is 3.09. The Labute approximate surface area is 189 Å². The van der Waals surface area contributed by atoms with E-state index in [1.165, 1.54) is 12.1 Å². The zero-order valence-corrected chi connectivity index (χ0v) is 18.1. The van der Waals surface area contributed by atoms with Crippen LogP contribution in [0.4, 0.5) is 24.5 Å². The van der Waals surface area contributed by atoms with Gasteiger partial charge in [0, 0.05) is 19.2 Å². The Bertz CT molecular complexity index is 988. The van der Waals surface area contributed by atoms with Crippen LogP contribution in [-0.4, -0.2) is 44.4 Å². The van der Waals surface area contributed by atoms with Gasteiger partial charge < -0.3 is 19.7 Å². The lowest BCUT2D eigenvalue weighted by Gasteiger charge is -2.31. The van der Waals surface area contributed by atoms with Crippen molar-refractivity contribution in [2.45, 2.75) is 6.18 Å². The van der Waals surface area contributed by atoms with E-state index in [1.54, 1.807) is 37.5 Å². The average molecular weight is 465 g/mol. The van der Waals surface area contributed by atoms with E-state index in [9.17, 15) is 18.0 Å². The van der Waals surface area contributed by atoms with Crippen molar-refractivity contribution in [3.63, 3.8) is 0 Å². The third-order valence-electron chi connectivity index (χ3n) is 4.70. The Morgan fingerprint density at radius 2 is 1.84 bits per heavy atom. The number of rotatable bonds is 5. The summed E-state index contributed by atoms with van der Waals surface area (Å²) in [7, 11) is 1.56. The number of halogens is 3. The largest absolute Gasteiger partial charge is 0.497 e. The number of alkyl halides is 3. The van der Waals surface area contributed by atoms with Crippen molar-refractivity contribution in [3.05, 3.63) is 59.7 Å². The number of methoxy groups -OCH3 is 1. The Morgan fingerprint density at radius 3 is 2.47 bits per heavy atom. The summed E-state index contributed by atoms with van der Waals surface area (Å²) in [5.41, 5.74) is 0.663. The fraction of sp³-hybridized carbons (Fsp3) is 0.273. The molecule has 0 bridgehead atoms. The predicted molar refractivity (Wildman–Crippen MR) is 121 cm³/mol. The van der Waals surface area contributed by atoms with Crippen LogP contribution in [0.2, 0.25) is 0 Å². The third-order valence-corrected chi connectivity index (χ3v) is 4.91. The molecule has 1 aliphatic rings. The van der Waals surface area contributed by atoms with Crippen molar-refractivity contribution >= 4 is 40.7 Å². The number of benzene rings is 2. The van der Waals surface area contributed by atoms with Crippen molar-refractivity contribution in [1.82, 2.24) is 5.32 Å². The molecule has 170 valence electrons. The number of nitrogens with zero attached hydrogens (tertiary/aromatic N) is 1. The third kappa shape index (κ3) is 6.44. The second kappa shape index (κ2) is 10.5. The normalized spacial score (nSPS) is 14.3. The Hall–Kier alpha value is -3.11. The first-order valence-corrected chi connectivity index (χ1v) is 10.1. The van der Waals surface area contributed by atoms with E-state index in [0.717, 1.165) is 17.7 Å². The second-order valence-electron chi connectivity index (χ2n) is 6.88. The molecule has 2 N–H and O–H groups in total. The van der Waals surface area contributed by atoms with Crippen LogP contribution in [0.25, 0.3) is 6.08 Å². The standard InChI is InChI=1S/C22H22F3N3O3S/c1-30-17-6-2-15(3-7-17)4-9-20(29)27-21(32)26-18-14-16(22(23,24)25)5-8-19(18)28-10-12-31-13-11-28/h2-9,14H,10-13H2,1H3,(H2,26,27,29,32)/b9-4+. The number of morpholine rings is 1. The minimum Gasteiger partial charge on any atom is -0.497 e. The van der Waals surface area contributed by atoms with E-state index in [4.69, 9.17) is 21.7 Å². The summed E-state index contributed by atoms with van der Waals surface area (Å²) >= 11 is 5.16. The highest BCUT2D eigenvalue weighted by atomic mass is 32.1. The maximum Gasteiger partial charge on any atom is 0.416 e. The number of ether oxygens (including phenoxy) is 2. The monoisotopic (exact) mass is 465 g/mol.